The van der Waals surface area contributed by atoms with Crippen LogP contribution in [0, 0.1) is 0 Å². The maximum atomic E-state index is 10.3. The van der Waals surface area contributed by atoms with Crippen LogP contribution >= 0.6 is 0 Å². The largest absolute Gasteiger partial charge is 0.481 e. The van der Waals surface area contributed by atoms with Gasteiger partial charge in [0.25, 0.3) is 0 Å². The zero-order valence-corrected chi connectivity index (χ0v) is 7.93. The summed E-state index contributed by atoms with van der Waals surface area (Å²) in [6.45, 7) is 0. The SMILES string of the molecule is COc1ncncc1CCCC(=O)O. The number of hydrogen-bond acceptors (Lipinski definition) is 4. The van der Waals surface area contributed by atoms with Gasteiger partial charge in [0.05, 0.1) is 7.11 Å². The van der Waals surface area contributed by atoms with E-state index in [0.717, 1.165) is 5.56 Å². The Labute approximate surface area is 81.8 Å². The number of carboxylic acid groups (broad SMARTS) is 1. The molecule has 1 rings (SSSR count). The van der Waals surface area contributed by atoms with Crippen LogP contribution in [-0.2, 0) is 11.2 Å². The molecule has 1 heterocycles. The van der Waals surface area contributed by atoms with Crippen LogP contribution in [-0.4, -0.2) is 28.2 Å². The van der Waals surface area contributed by atoms with Crippen molar-refractivity contribution in [2.24, 2.45) is 0 Å². The van der Waals surface area contributed by atoms with E-state index in [1.807, 2.05) is 0 Å². The Hall–Kier alpha value is -1.65. The lowest BCUT2D eigenvalue weighted by atomic mass is 10.1. The number of carboxylic acids is 1. The van der Waals surface area contributed by atoms with Gasteiger partial charge in [-0.3, -0.25) is 4.79 Å². The number of aliphatic carboxylic acids is 1. The highest BCUT2D eigenvalue weighted by Crippen LogP contribution is 2.14. The maximum Gasteiger partial charge on any atom is 0.303 e. The Balaban J connectivity index is 2.53. The van der Waals surface area contributed by atoms with Crippen molar-refractivity contribution in [1.82, 2.24) is 9.97 Å². The van der Waals surface area contributed by atoms with Gasteiger partial charge in [-0.25, -0.2) is 9.97 Å². The lowest BCUT2D eigenvalue weighted by Crippen LogP contribution is -1.99. The number of ether oxygens (including phenoxy) is 1. The molecule has 1 N–H and O–H groups in total. The molecule has 0 saturated heterocycles. The highest BCUT2D eigenvalue weighted by atomic mass is 16.5. The fourth-order valence-electron chi connectivity index (χ4n) is 1.13. The van der Waals surface area contributed by atoms with Crippen LogP contribution in [0.5, 0.6) is 5.88 Å². The normalized spacial score (nSPS) is 9.79. The molecule has 0 aliphatic heterocycles. The number of aromatic nitrogens is 2. The number of nitrogens with zero attached hydrogens (tertiary/aromatic N) is 2. The van der Waals surface area contributed by atoms with Gasteiger partial charge in [-0.05, 0) is 12.8 Å². The van der Waals surface area contributed by atoms with E-state index in [1.165, 1.54) is 13.4 Å². The Bertz CT molecular complexity index is 315. The van der Waals surface area contributed by atoms with Crippen molar-refractivity contribution in [2.45, 2.75) is 19.3 Å². The topological polar surface area (TPSA) is 72.3 Å². The number of aryl methyl sites for hydroxylation is 1. The molecule has 0 amide bonds. The van der Waals surface area contributed by atoms with E-state index in [0.29, 0.717) is 18.7 Å². The molecule has 0 radical (unpaired) electrons. The summed E-state index contributed by atoms with van der Waals surface area (Å²) < 4.78 is 5.00. The third-order valence-corrected chi connectivity index (χ3v) is 1.78. The Morgan fingerprint density at radius 2 is 2.43 bits per heavy atom. The van der Waals surface area contributed by atoms with Gasteiger partial charge in [0.2, 0.25) is 5.88 Å². The summed E-state index contributed by atoms with van der Waals surface area (Å²) in [4.78, 5) is 18.0. The zero-order valence-electron chi connectivity index (χ0n) is 7.93. The van der Waals surface area contributed by atoms with E-state index in [4.69, 9.17) is 9.84 Å². The predicted octanol–water partition coefficient (Wildman–Crippen LogP) is 0.893. The predicted molar refractivity (Wildman–Crippen MR) is 49.2 cm³/mol. The van der Waals surface area contributed by atoms with Gasteiger partial charge in [-0.2, -0.15) is 0 Å². The molecule has 1 aromatic heterocycles. The van der Waals surface area contributed by atoms with Crippen molar-refractivity contribution in [2.75, 3.05) is 7.11 Å². The minimum absolute atomic E-state index is 0.151. The fraction of sp³-hybridized carbons (Fsp3) is 0.444. The molecule has 0 saturated carbocycles. The molecule has 0 spiro atoms. The molecule has 0 bridgehead atoms. The van der Waals surface area contributed by atoms with Crippen LogP contribution in [0.1, 0.15) is 18.4 Å². The molecule has 14 heavy (non-hydrogen) atoms. The maximum absolute atomic E-state index is 10.3. The molecule has 0 fully saturated rings. The summed E-state index contributed by atoms with van der Waals surface area (Å²) in [7, 11) is 1.53. The van der Waals surface area contributed by atoms with Gasteiger partial charge in [0.15, 0.2) is 0 Å². The van der Waals surface area contributed by atoms with Gasteiger partial charge in [0, 0.05) is 18.2 Å². The van der Waals surface area contributed by atoms with Gasteiger partial charge < -0.3 is 9.84 Å². The molecule has 5 heteroatoms. The van der Waals surface area contributed by atoms with Crippen molar-refractivity contribution in [1.29, 1.82) is 0 Å². The number of methoxy groups -OCH3 is 1. The molecule has 1 aromatic rings. The van der Waals surface area contributed by atoms with Gasteiger partial charge in [0.1, 0.15) is 6.33 Å². The summed E-state index contributed by atoms with van der Waals surface area (Å²) in [5.41, 5.74) is 0.844. The second-order valence-corrected chi connectivity index (χ2v) is 2.80. The van der Waals surface area contributed by atoms with E-state index in [2.05, 4.69) is 9.97 Å². The molecule has 0 aliphatic carbocycles. The van der Waals surface area contributed by atoms with Crippen LogP contribution in [0.4, 0.5) is 0 Å². The smallest absolute Gasteiger partial charge is 0.303 e. The first-order valence-electron chi connectivity index (χ1n) is 4.28. The first-order valence-corrected chi connectivity index (χ1v) is 4.28. The summed E-state index contributed by atoms with van der Waals surface area (Å²) >= 11 is 0. The molecule has 0 aromatic carbocycles. The van der Waals surface area contributed by atoms with Crippen molar-refractivity contribution in [3.63, 3.8) is 0 Å². The van der Waals surface area contributed by atoms with Gasteiger partial charge in [-0.1, -0.05) is 0 Å². The molecule has 0 atom stereocenters. The number of hydrogen-bond donors (Lipinski definition) is 1. The number of carbonyl (C=O) groups is 1. The minimum Gasteiger partial charge on any atom is -0.481 e. The van der Waals surface area contributed by atoms with Crippen molar-refractivity contribution in [3.05, 3.63) is 18.1 Å². The van der Waals surface area contributed by atoms with Crippen LogP contribution in [0.25, 0.3) is 0 Å². The highest BCUT2D eigenvalue weighted by Gasteiger charge is 2.04. The van der Waals surface area contributed by atoms with Crippen molar-refractivity contribution in [3.8, 4) is 5.88 Å². The molecule has 5 nitrogen and oxygen atoms in total. The van der Waals surface area contributed by atoms with Crippen LogP contribution < -0.4 is 4.74 Å². The quantitative estimate of drug-likeness (QED) is 0.757. The second-order valence-electron chi connectivity index (χ2n) is 2.80. The van der Waals surface area contributed by atoms with Gasteiger partial charge in [-0.15, -0.1) is 0 Å². The summed E-state index contributed by atoms with van der Waals surface area (Å²) in [6, 6.07) is 0. The van der Waals surface area contributed by atoms with Gasteiger partial charge >= 0.3 is 5.97 Å². The van der Waals surface area contributed by atoms with Crippen molar-refractivity contribution < 1.29 is 14.6 Å². The minimum atomic E-state index is -0.791. The fourth-order valence-corrected chi connectivity index (χ4v) is 1.13. The Kier molecular flexibility index (Phi) is 3.84. The van der Waals surface area contributed by atoms with E-state index in [-0.39, 0.29) is 6.42 Å². The second kappa shape index (κ2) is 5.16. The molecular formula is C9H12N2O3. The molecule has 76 valence electrons. The average molecular weight is 196 g/mol. The third kappa shape index (κ3) is 3.01. The number of rotatable bonds is 5. The summed E-state index contributed by atoms with van der Waals surface area (Å²) in [5, 5.41) is 8.46. The van der Waals surface area contributed by atoms with Crippen molar-refractivity contribution >= 4 is 5.97 Å². The monoisotopic (exact) mass is 196 g/mol. The standard InChI is InChI=1S/C9H12N2O3/c1-14-9-7(5-10-6-11-9)3-2-4-8(12)13/h5-6H,2-4H2,1H3,(H,12,13). The zero-order chi connectivity index (χ0) is 10.4. The Morgan fingerprint density at radius 1 is 1.64 bits per heavy atom. The third-order valence-electron chi connectivity index (χ3n) is 1.78. The lowest BCUT2D eigenvalue weighted by Gasteiger charge is -2.04. The van der Waals surface area contributed by atoms with Crippen LogP contribution in [0.3, 0.4) is 0 Å². The average Bonchev–Trinajstić information content (AvgIpc) is 2.18. The molecular weight excluding hydrogens is 184 g/mol. The van der Waals surface area contributed by atoms with E-state index < -0.39 is 5.97 Å². The summed E-state index contributed by atoms with van der Waals surface area (Å²) in [5.74, 6) is -0.272. The highest BCUT2D eigenvalue weighted by molar-refractivity contribution is 5.66. The van der Waals surface area contributed by atoms with E-state index in [1.54, 1.807) is 6.20 Å². The molecule has 0 aliphatic rings. The van der Waals surface area contributed by atoms with Crippen LogP contribution in [0.15, 0.2) is 12.5 Å². The first kappa shape index (κ1) is 10.4. The first-order chi connectivity index (χ1) is 6.74. The summed E-state index contributed by atoms with van der Waals surface area (Å²) in [6.07, 6.45) is 4.39. The molecule has 0 unspecified atom stereocenters. The lowest BCUT2D eigenvalue weighted by molar-refractivity contribution is -0.137. The van der Waals surface area contributed by atoms with Crippen LogP contribution in [0.2, 0.25) is 0 Å². The van der Waals surface area contributed by atoms with E-state index in [9.17, 15) is 4.79 Å². The Morgan fingerprint density at radius 3 is 3.07 bits per heavy atom. The van der Waals surface area contributed by atoms with E-state index >= 15 is 0 Å².